The van der Waals surface area contributed by atoms with Gasteiger partial charge in [-0.25, -0.2) is 0 Å². The summed E-state index contributed by atoms with van der Waals surface area (Å²) in [4.78, 5) is 38.0. The summed E-state index contributed by atoms with van der Waals surface area (Å²) in [5.41, 5.74) is 0. The summed E-state index contributed by atoms with van der Waals surface area (Å²) >= 11 is 0. The maximum Gasteiger partial charge on any atom is 0.306 e. The average molecular weight is 1180 g/mol. The summed E-state index contributed by atoms with van der Waals surface area (Å²) < 4.78 is 34.2. The van der Waals surface area contributed by atoms with E-state index >= 15 is 0 Å². The second-order valence-electron chi connectivity index (χ2n) is 22.7. The molecule has 0 amide bonds. The van der Waals surface area contributed by atoms with Crippen LogP contribution in [0.3, 0.4) is 0 Å². The number of likely N-dealkylation sites (N-methyl/N-ethyl adjacent to an activating group) is 1. The van der Waals surface area contributed by atoms with Gasteiger partial charge in [-0.15, -0.1) is 0 Å². The highest BCUT2D eigenvalue weighted by Gasteiger charge is 2.22. The van der Waals surface area contributed by atoms with Gasteiger partial charge in [0.25, 0.3) is 7.82 Å². The van der Waals surface area contributed by atoms with E-state index in [0.29, 0.717) is 23.9 Å². The highest BCUT2D eigenvalue weighted by atomic mass is 31.2. The number of ether oxygens (including phenoxy) is 2. The Bertz CT molecular complexity index is 1970. The predicted molar refractivity (Wildman–Crippen MR) is 360 cm³/mol. The van der Waals surface area contributed by atoms with Crippen LogP contribution in [0.1, 0.15) is 245 Å². The van der Waals surface area contributed by atoms with Gasteiger partial charge < -0.3 is 27.9 Å². The second kappa shape index (κ2) is 63.1. The number of rotatable bonds is 59. The number of esters is 2. The van der Waals surface area contributed by atoms with E-state index in [2.05, 4.69) is 172 Å². The highest BCUT2D eigenvalue weighted by molar-refractivity contribution is 7.45. The normalized spacial score (nSPS) is 14.2. The van der Waals surface area contributed by atoms with E-state index in [0.717, 1.165) is 141 Å². The number of phosphoric acid groups is 1. The maximum absolute atomic E-state index is 12.8. The van der Waals surface area contributed by atoms with E-state index in [1.54, 1.807) is 0 Å². The number of carbonyl (C=O) groups excluding carboxylic acids is 2. The van der Waals surface area contributed by atoms with Gasteiger partial charge in [-0.1, -0.05) is 262 Å². The van der Waals surface area contributed by atoms with E-state index in [1.807, 2.05) is 21.1 Å². The first-order chi connectivity index (χ1) is 41.0. The molecule has 0 radical (unpaired) electrons. The third kappa shape index (κ3) is 66.8. The zero-order valence-electron chi connectivity index (χ0n) is 54.0. The quantitative estimate of drug-likeness (QED) is 0.0195. The topological polar surface area (TPSA) is 111 Å². The number of nitrogens with zero attached hydrogens (tertiary/aromatic N) is 1. The van der Waals surface area contributed by atoms with Gasteiger partial charge in [0.15, 0.2) is 6.10 Å². The molecule has 10 heteroatoms. The number of unbranched alkanes of at least 4 members (excludes halogenated alkanes) is 19. The molecule has 0 saturated heterocycles. The van der Waals surface area contributed by atoms with Crippen molar-refractivity contribution in [1.29, 1.82) is 0 Å². The molecule has 9 nitrogen and oxygen atoms in total. The van der Waals surface area contributed by atoms with Crippen molar-refractivity contribution in [2.45, 2.75) is 251 Å². The second-order valence-corrected chi connectivity index (χ2v) is 24.2. The summed E-state index contributed by atoms with van der Waals surface area (Å²) in [6.07, 6.45) is 94.4. The summed E-state index contributed by atoms with van der Waals surface area (Å²) in [6.45, 7) is 4.07. The van der Waals surface area contributed by atoms with Crippen LogP contribution in [-0.2, 0) is 32.7 Å². The fourth-order valence-corrected chi connectivity index (χ4v) is 9.18. The molecule has 0 saturated carbocycles. The van der Waals surface area contributed by atoms with E-state index in [-0.39, 0.29) is 26.1 Å². The molecule has 0 aromatic carbocycles. The van der Waals surface area contributed by atoms with Crippen molar-refractivity contribution in [3.63, 3.8) is 0 Å². The molecule has 0 heterocycles. The molecule has 0 aromatic heterocycles. The van der Waals surface area contributed by atoms with Gasteiger partial charge >= 0.3 is 11.9 Å². The molecule has 0 bridgehead atoms. The van der Waals surface area contributed by atoms with Crippen molar-refractivity contribution >= 4 is 19.8 Å². The lowest BCUT2D eigenvalue weighted by molar-refractivity contribution is -0.870. The summed E-state index contributed by atoms with van der Waals surface area (Å²) in [5.74, 6) is -0.868. The maximum atomic E-state index is 12.8. The third-order valence-corrected chi connectivity index (χ3v) is 14.5. The van der Waals surface area contributed by atoms with Crippen molar-refractivity contribution in [3.05, 3.63) is 158 Å². The first-order valence-corrected chi connectivity index (χ1v) is 34.7. The lowest BCUT2D eigenvalue weighted by Gasteiger charge is -2.28. The minimum Gasteiger partial charge on any atom is -0.756 e. The lowest BCUT2D eigenvalue weighted by Crippen LogP contribution is -2.37. The van der Waals surface area contributed by atoms with Crippen LogP contribution in [0.2, 0.25) is 0 Å². The standard InChI is InChI=1S/C74H122NO8P/c1-6-8-10-12-14-16-18-20-22-24-26-28-30-31-32-33-34-35-36-37-38-39-40-41-42-43-45-47-49-51-53-55-57-59-61-63-65-67-74(77)83-72(71-82-84(78,79)81-69-68-75(3,4)5)70-80-73(76)66-64-62-60-58-56-54-52-50-48-46-44-29-27-25-23-21-19-17-15-13-11-9-7-2/h8,10,14,16,19-22,25-28,31-32,34-35,37-38,40-41,43-46,49,51,72H,6-7,9,11-13,15,17-18,23-24,29-30,33,36,39,42,47-48,50,52-71H2,1-5H3/b10-8-,16-14-,21-19-,22-20-,27-25-,28-26-,32-31-,35-34-,38-37-,41-40-,45-43-,46-44-,51-49-. The Morgan fingerprint density at radius 3 is 1.01 bits per heavy atom. The molecular weight excluding hydrogens is 1060 g/mol. The molecule has 0 spiro atoms. The van der Waals surface area contributed by atoms with Crippen LogP contribution >= 0.6 is 7.82 Å². The van der Waals surface area contributed by atoms with Gasteiger partial charge in [0.1, 0.15) is 19.8 Å². The number of carbonyl (C=O) groups is 2. The highest BCUT2D eigenvalue weighted by Crippen LogP contribution is 2.38. The Hall–Kier alpha value is -4.37. The monoisotopic (exact) mass is 1180 g/mol. The van der Waals surface area contributed by atoms with Crippen LogP contribution in [0.15, 0.2) is 158 Å². The van der Waals surface area contributed by atoms with Crippen molar-refractivity contribution in [3.8, 4) is 0 Å². The summed E-state index contributed by atoms with van der Waals surface area (Å²) in [5, 5.41) is 0. The first kappa shape index (κ1) is 79.6. The molecule has 2 atom stereocenters. The number of allylic oxidation sites excluding steroid dienone is 26. The average Bonchev–Trinajstić information content (AvgIpc) is 3.61. The smallest absolute Gasteiger partial charge is 0.306 e. The fraction of sp³-hybridized carbons (Fsp3) is 0.622. The van der Waals surface area contributed by atoms with Crippen LogP contribution < -0.4 is 4.89 Å². The predicted octanol–water partition coefficient (Wildman–Crippen LogP) is 21.0. The van der Waals surface area contributed by atoms with E-state index in [1.165, 1.54) is 64.2 Å². The molecule has 0 fully saturated rings. The molecule has 0 aliphatic carbocycles. The molecule has 0 aliphatic rings. The van der Waals surface area contributed by atoms with Gasteiger partial charge in [-0.05, 0) is 128 Å². The van der Waals surface area contributed by atoms with Gasteiger partial charge in [0, 0.05) is 12.8 Å². The minimum atomic E-state index is -4.66. The van der Waals surface area contributed by atoms with Gasteiger partial charge in [0.2, 0.25) is 0 Å². The van der Waals surface area contributed by atoms with E-state index in [4.69, 9.17) is 18.5 Å². The molecule has 0 N–H and O–H groups in total. The third-order valence-electron chi connectivity index (χ3n) is 13.5. The van der Waals surface area contributed by atoms with Crippen LogP contribution in [0, 0.1) is 0 Å². The zero-order valence-corrected chi connectivity index (χ0v) is 54.9. The van der Waals surface area contributed by atoms with Crippen molar-refractivity contribution in [2.75, 3.05) is 47.5 Å². The first-order valence-electron chi connectivity index (χ1n) is 33.2. The Morgan fingerprint density at radius 1 is 0.381 bits per heavy atom. The molecule has 2 unspecified atom stereocenters. The largest absolute Gasteiger partial charge is 0.756 e. The number of phosphoric ester groups is 1. The number of hydrogen-bond donors (Lipinski definition) is 0. The molecule has 476 valence electrons. The van der Waals surface area contributed by atoms with E-state index in [9.17, 15) is 19.0 Å². The summed E-state index contributed by atoms with van der Waals surface area (Å²) in [7, 11) is 1.13. The van der Waals surface area contributed by atoms with Gasteiger partial charge in [-0.2, -0.15) is 0 Å². The van der Waals surface area contributed by atoms with Gasteiger partial charge in [-0.3, -0.25) is 14.2 Å². The molecular formula is C74H122NO8P. The SMILES string of the molecule is CC/C=C\C/C=C\C/C=C\C/C=C\C/C=C\C/C=C\C/C=C\C/C=C\C/C=C\C/C=C\CCCCCCCCC(=O)OC(COC(=O)CCCCCCCCCC/C=C\C/C=C\C/C=C\CCCCCCC)COP(=O)([O-])OCC[N+](C)(C)C. The van der Waals surface area contributed by atoms with Crippen LogP contribution in [0.4, 0.5) is 0 Å². The lowest BCUT2D eigenvalue weighted by atomic mass is 10.1. The molecule has 0 aliphatic heterocycles. The zero-order chi connectivity index (χ0) is 61.2. The van der Waals surface area contributed by atoms with Crippen LogP contribution in [0.25, 0.3) is 0 Å². The Labute approximate surface area is 516 Å². The Kier molecular flexibility index (Phi) is 59.9. The van der Waals surface area contributed by atoms with Crippen LogP contribution in [0.5, 0.6) is 0 Å². The minimum absolute atomic E-state index is 0.0439. The van der Waals surface area contributed by atoms with Crippen molar-refractivity contribution < 1.29 is 42.1 Å². The van der Waals surface area contributed by atoms with Crippen LogP contribution in [-0.4, -0.2) is 70.0 Å². The number of quaternary nitrogens is 1. The molecule has 0 rings (SSSR count). The number of hydrogen-bond acceptors (Lipinski definition) is 8. The fourth-order valence-electron chi connectivity index (χ4n) is 8.46. The van der Waals surface area contributed by atoms with Crippen molar-refractivity contribution in [1.82, 2.24) is 0 Å². The van der Waals surface area contributed by atoms with Crippen molar-refractivity contribution in [2.24, 2.45) is 0 Å². The molecule has 0 aromatic rings. The van der Waals surface area contributed by atoms with Gasteiger partial charge in [0.05, 0.1) is 27.7 Å². The molecule has 84 heavy (non-hydrogen) atoms. The Morgan fingerprint density at radius 2 is 0.679 bits per heavy atom. The van der Waals surface area contributed by atoms with E-state index < -0.39 is 32.5 Å². The summed E-state index contributed by atoms with van der Waals surface area (Å²) in [6, 6.07) is 0. The Balaban J connectivity index is 4.20.